The average Bonchev–Trinajstić information content (AvgIpc) is 1.96. The van der Waals surface area contributed by atoms with Crippen molar-refractivity contribution in [3.8, 4) is 0 Å². The van der Waals surface area contributed by atoms with E-state index in [1.165, 1.54) is 6.08 Å². The Hall–Kier alpha value is -0.540. The normalized spacial score (nSPS) is 10.1. The summed E-state index contributed by atoms with van der Waals surface area (Å²) < 4.78 is 5.71. The lowest BCUT2D eigenvalue weighted by Crippen LogP contribution is -3.00. The second-order valence-corrected chi connectivity index (χ2v) is 3.74. The van der Waals surface area contributed by atoms with E-state index in [2.05, 4.69) is 27.7 Å². The fourth-order valence-electron chi connectivity index (χ4n) is 0.771. The zero-order valence-corrected chi connectivity index (χ0v) is 9.30. The Bertz CT molecular complexity index is 163. The zero-order chi connectivity index (χ0) is 9.61. The Balaban J connectivity index is 0. The van der Waals surface area contributed by atoms with Crippen molar-refractivity contribution in [1.82, 2.24) is 0 Å². The molecule has 0 aromatic rings. The average molecular weight is 208 g/mol. The minimum Gasteiger partial charge on any atom is -1.00 e. The van der Waals surface area contributed by atoms with Gasteiger partial charge in [0, 0.05) is 12.5 Å². The molecule has 0 amide bonds. The van der Waals surface area contributed by atoms with E-state index in [9.17, 15) is 4.79 Å². The topological polar surface area (TPSA) is 26.3 Å². The number of carbonyl (C=O) groups excluding carboxylic acids is 1. The molecule has 0 heterocycles. The van der Waals surface area contributed by atoms with Crippen molar-refractivity contribution in [3.63, 3.8) is 0 Å². The van der Waals surface area contributed by atoms with E-state index in [0.29, 0.717) is 6.61 Å². The third-order valence-electron chi connectivity index (χ3n) is 1.38. The second kappa shape index (κ2) is 6.92. The van der Waals surface area contributed by atoms with Crippen LogP contribution in [-0.2, 0) is 9.53 Å². The Labute approximate surface area is 86.4 Å². The smallest absolute Gasteiger partial charge is 0.330 e. The molecule has 0 atom stereocenters. The highest BCUT2D eigenvalue weighted by Crippen LogP contribution is 1.94. The van der Waals surface area contributed by atoms with Crippen LogP contribution in [0.1, 0.15) is 6.42 Å². The summed E-state index contributed by atoms with van der Waals surface area (Å²) in [5.41, 5.74) is 0. The van der Waals surface area contributed by atoms with Gasteiger partial charge in [-0.25, -0.2) is 4.79 Å². The number of halogens is 1. The number of nitrogens with zero attached hydrogens (tertiary/aromatic N) is 1. The summed E-state index contributed by atoms with van der Waals surface area (Å²) >= 11 is 0. The van der Waals surface area contributed by atoms with Gasteiger partial charge in [0.1, 0.15) is 0 Å². The first-order chi connectivity index (χ1) is 5.45. The molecule has 0 saturated carbocycles. The van der Waals surface area contributed by atoms with Crippen molar-refractivity contribution in [2.24, 2.45) is 0 Å². The maximum absolute atomic E-state index is 10.6. The summed E-state index contributed by atoms with van der Waals surface area (Å²) in [5.74, 6) is -0.337. The van der Waals surface area contributed by atoms with Gasteiger partial charge in [-0.05, 0) is 0 Å². The summed E-state index contributed by atoms with van der Waals surface area (Å²) in [6.07, 6.45) is 2.08. The second-order valence-electron chi connectivity index (χ2n) is 3.74. The largest absolute Gasteiger partial charge is 1.00 e. The molecule has 3 nitrogen and oxygen atoms in total. The third-order valence-corrected chi connectivity index (χ3v) is 1.38. The van der Waals surface area contributed by atoms with E-state index >= 15 is 0 Å². The molecule has 0 saturated heterocycles. The van der Waals surface area contributed by atoms with Crippen LogP contribution >= 0.6 is 0 Å². The first-order valence-corrected chi connectivity index (χ1v) is 4.05. The Kier molecular flexibility index (Phi) is 7.96. The van der Waals surface area contributed by atoms with Crippen molar-refractivity contribution in [1.29, 1.82) is 0 Å². The van der Waals surface area contributed by atoms with Crippen LogP contribution in [-0.4, -0.2) is 44.7 Å². The van der Waals surface area contributed by atoms with E-state index in [0.717, 1.165) is 17.4 Å². The van der Waals surface area contributed by atoms with Gasteiger partial charge in [0.05, 0.1) is 34.3 Å². The first kappa shape index (κ1) is 15.0. The van der Waals surface area contributed by atoms with Crippen LogP contribution in [0.4, 0.5) is 0 Å². The molecule has 0 aromatic carbocycles. The van der Waals surface area contributed by atoms with Crippen molar-refractivity contribution in [3.05, 3.63) is 12.7 Å². The van der Waals surface area contributed by atoms with Gasteiger partial charge in [0.15, 0.2) is 0 Å². The van der Waals surface area contributed by atoms with Crippen LogP contribution < -0.4 is 12.4 Å². The molecule has 0 aromatic heterocycles. The Morgan fingerprint density at radius 1 is 1.46 bits per heavy atom. The molecule has 78 valence electrons. The van der Waals surface area contributed by atoms with E-state index < -0.39 is 0 Å². The van der Waals surface area contributed by atoms with Crippen molar-refractivity contribution < 1.29 is 26.4 Å². The number of ether oxygens (including phenoxy) is 1. The molecule has 0 fully saturated rings. The van der Waals surface area contributed by atoms with Crippen molar-refractivity contribution in [2.45, 2.75) is 6.42 Å². The number of hydrogen-bond donors (Lipinski definition) is 0. The molecule has 0 aliphatic carbocycles. The maximum Gasteiger partial charge on any atom is 0.330 e. The van der Waals surface area contributed by atoms with Crippen molar-refractivity contribution in [2.75, 3.05) is 34.3 Å². The number of rotatable bonds is 5. The number of quaternary nitrogens is 1. The minimum absolute atomic E-state index is 0. The molecule has 0 aliphatic rings. The van der Waals surface area contributed by atoms with Gasteiger partial charge in [-0.3, -0.25) is 0 Å². The molecular weight excluding hydrogens is 190 g/mol. The SMILES string of the molecule is C=CC(=O)OCCC[N+](C)(C)C.[Cl-]. The predicted octanol–water partition coefficient (Wildman–Crippen LogP) is -2.18. The molecule has 0 spiro atoms. The van der Waals surface area contributed by atoms with Crippen LogP contribution in [0.2, 0.25) is 0 Å². The minimum atomic E-state index is -0.337. The molecule has 0 bridgehead atoms. The van der Waals surface area contributed by atoms with Gasteiger partial charge in [-0.15, -0.1) is 0 Å². The quantitative estimate of drug-likeness (QED) is 0.222. The van der Waals surface area contributed by atoms with Gasteiger partial charge in [0.2, 0.25) is 0 Å². The highest BCUT2D eigenvalue weighted by Gasteiger charge is 2.06. The molecule has 4 heteroatoms. The molecule has 0 N–H and O–H groups in total. The van der Waals surface area contributed by atoms with Gasteiger partial charge in [0.25, 0.3) is 0 Å². The molecule has 0 aliphatic heterocycles. The first-order valence-electron chi connectivity index (χ1n) is 4.05. The van der Waals surface area contributed by atoms with Gasteiger partial charge < -0.3 is 21.6 Å². The number of hydrogen-bond acceptors (Lipinski definition) is 2. The van der Waals surface area contributed by atoms with Crippen LogP contribution in [0.15, 0.2) is 12.7 Å². The van der Waals surface area contributed by atoms with E-state index in [4.69, 9.17) is 4.74 Å². The van der Waals surface area contributed by atoms with E-state index in [-0.39, 0.29) is 18.4 Å². The predicted molar refractivity (Wildman–Crippen MR) is 48.7 cm³/mol. The van der Waals surface area contributed by atoms with Crippen LogP contribution in [0.25, 0.3) is 0 Å². The van der Waals surface area contributed by atoms with Crippen molar-refractivity contribution >= 4 is 5.97 Å². The van der Waals surface area contributed by atoms with Crippen LogP contribution in [0.5, 0.6) is 0 Å². The Morgan fingerprint density at radius 3 is 2.38 bits per heavy atom. The summed E-state index contributed by atoms with van der Waals surface area (Å²) in [5, 5.41) is 0. The zero-order valence-electron chi connectivity index (χ0n) is 8.55. The van der Waals surface area contributed by atoms with Crippen LogP contribution in [0.3, 0.4) is 0 Å². The lowest BCUT2D eigenvalue weighted by Gasteiger charge is -2.23. The molecular formula is C9H18ClNO2. The van der Waals surface area contributed by atoms with Gasteiger partial charge in [-0.2, -0.15) is 0 Å². The maximum atomic E-state index is 10.6. The molecule has 0 rings (SSSR count). The Morgan fingerprint density at radius 2 is 2.00 bits per heavy atom. The summed E-state index contributed by atoms with van der Waals surface area (Å²) in [7, 11) is 6.32. The lowest BCUT2D eigenvalue weighted by molar-refractivity contribution is -0.870. The third kappa shape index (κ3) is 11.5. The number of carbonyl (C=O) groups is 1. The van der Waals surface area contributed by atoms with Gasteiger partial charge >= 0.3 is 5.97 Å². The summed E-state index contributed by atoms with van der Waals surface area (Å²) in [6.45, 7) is 4.80. The summed E-state index contributed by atoms with van der Waals surface area (Å²) in [6, 6.07) is 0. The fourth-order valence-corrected chi connectivity index (χ4v) is 0.771. The van der Waals surface area contributed by atoms with Gasteiger partial charge in [-0.1, -0.05) is 6.58 Å². The summed E-state index contributed by atoms with van der Waals surface area (Å²) in [4.78, 5) is 10.6. The molecule has 0 radical (unpaired) electrons. The number of esters is 1. The monoisotopic (exact) mass is 207 g/mol. The highest BCUT2D eigenvalue weighted by atomic mass is 35.5. The fraction of sp³-hybridized carbons (Fsp3) is 0.667. The highest BCUT2D eigenvalue weighted by molar-refractivity contribution is 5.81. The molecule has 0 unspecified atom stereocenters. The molecule has 13 heavy (non-hydrogen) atoms. The van der Waals surface area contributed by atoms with E-state index in [1.807, 2.05) is 0 Å². The standard InChI is InChI=1S/C9H18NO2.ClH/c1-5-9(11)12-8-6-7-10(2,3)4;/h5H,1,6-8H2,2-4H3;1H/q+1;/p-1. The van der Waals surface area contributed by atoms with Crippen LogP contribution in [0, 0.1) is 0 Å². The van der Waals surface area contributed by atoms with E-state index in [1.54, 1.807) is 0 Å². The lowest BCUT2D eigenvalue weighted by atomic mass is 10.4.